The fraction of sp³-hybridized carbons (Fsp3) is 0.129. The van der Waals surface area contributed by atoms with Crippen LogP contribution in [0, 0.1) is 0 Å². The molecule has 0 amide bonds. The SMILES string of the molecule is C[C@H](Nc1nccc(-c2cncn2Cc2ccccc2)n1)c1cc2cc(Cl)c(OCc3ccccn3)cc2[nH]c1=O. The third-order valence-corrected chi connectivity index (χ3v) is 6.96. The Labute approximate surface area is 240 Å². The summed E-state index contributed by atoms with van der Waals surface area (Å²) in [6, 6.07) is 22.6. The van der Waals surface area contributed by atoms with Crippen molar-refractivity contribution >= 4 is 28.5 Å². The van der Waals surface area contributed by atoms with E-state index in [9.17, 15) is 4.79 Å². The number of fused-ring (bicyclic) bond motifs is 1. The average Bonchev–Trinajstić information content (AvgIpc) is 3.45. The lowest BCUT2D eigenvalue weighted by Crippen LogP contribution is -2.20. The molecule has 4 heterocycles. The molecule has 0 unspecified atom stereocenters. The minimum absolute atomic E-state index is 0.229. The van der Waals surface area contributed by atoms with E-state index >= 15 is 0 Å². The molecule has 1 atom stereocenters. The second kappa shape index (κ2) is 11.6. The maximum absolute atomic E-state index is 13.1. The van der Waals surface area contributed by atoms with Gasteiger partial charge in [-0.25, -0.2) is 15.0 Å². The minimum atomic E-state index is -0.383. The Kier molecular flexibility index (Phi) is 7.42. The Morgan fingerprint density at radius 1 is 1.02 bits per heavy atom. The highest BCUT2D eigenvalue weighted by atomic mass is 35.5. The quantitative estimate of drug-likeness (QED) is 0.221. The Hall–Kier alpha value is -5.02. The third kappa shape index (κ3) is 5.95. The summed E-state index contributed by atoms with van der Waals surface area (Å²) >= 11 is 6.52. The topological polar surface area (TPSA) is 111 Å². The largest absolute Gasteiger partial charge is 0.486 e. The summed E-state index contributed by atoms with van der Waals surface area (Å²) in [5.41, 5.74) is 4.45. The highest BCUT2D eigenvalue weighted by molar-refractivity contribution is 6.32. The van der Waals surface area contributed by atoms with Crippen LogP contribution in [0.15, 0.2) is 103 Å². The van der Waals surface area contributed by atoms with Crippen molar-refractivity contribution in [1.29, 1.82) is 0 Å². The lowest BCUT2D eigenvalue weighted by atomic mass is 10.1. The molecule has 0 bridgehead atoms. The average molecular weight is 564 g/mol. The normalized spacial score (nSPS) is 11.9. The maximum Gasteiger partial charge on any atom is 0.253 e. The molecule has 6 rings (SSSR count). The van der Waals surface area contributed by atoms with Crippen molar-refractivity contribution in [2.75, 3.05) is 5.32 Å². The molecule has 0 spiro atoms. The first-order valence-corrected chi connectivity index (χ1v) is 13.4. The summed E-state index contributed by atoms with van der Waals surface area (Å²) in [6.07, 6.45) is 6.96. The second-order valence-electron chi connectivity index (χ2n) is 9.56. The smallest absolute Gasteiger partial charge is 0.253 e. The summed E-state index contributed by atoms with van der Waals surface area (Å²) in [5, 5.41) is 4.48. The Balaban J connectivity index is 1.21. The van der Waals surface area contributed by atoms with E-state index in [0.29, 0.717) is 34.3 Å². The number of imidazole rings is 1. The minimum Gasteiger partial charge on any atom is -0.486 e. The highest BCUT2D eigenvalue weighted by Gasteiger charge is 2.16. The summed E-state index contributed by atoms with van der Waals surface area (Å²) < 4.78 is 7.90. The molecular formula is C31H26ClN7O2. The van der Waals surface area contributed by atoms with Crippen LogP contribution in [0.3, 0.4) is 0 Å². The van der Waals surface area contributed by atoms with Crippen LogP contribution in [0.2, 0.25) is 5.02 Å². The van der Waals surface area contributed by atoms with E-state index in [2.05, 4.69) is 37.4 Å². The van der Waals surface area contributed by atoms with Crippen LogP contribution in [0.4, 0.5) is 5.95 Å². The molecule has 10 heteroatoms. The van der Waals surface area contributed by atoms with Gasteiger partial charge < -0.3 is 19.6 Å². The molecule has 0 aliphatic carbocycles. The lowest BCUT2D eigenvalue weighted by Gasteiger charge is -2.15. The zero-order chi connectivity index (χ0) is 28.2. The van der Waals surface area contributed by atoms with Crippen LogP contribution in [-0.2, 0) is 13.2 Å². The number of H-pyrrole nitrogens is 1. The van der Waals surface area contributed by atoms with Crippen LogP contribution in [0.5, 0.6) is 5.75 Å². The zero-order valence-electron chi connectivity index (χ0n) is 22.2. The Morgan fingerprint density at radius 2 is 1.88 bits per heavy atom. The van der Waals surface area contributed by atoms with Crippen LogP contribution in [-0.4, -0.2) is 29.5 Å². The molecule has 6 aromatic rings. The number of nitrogens with one attached hydrogen (secondary N) is 2. The molecule has 0 saturated heterocycles. The van der Waals surface area contributed by atoms with Crippen molar-refractivity contribution in [3.63, 3.8) is 0 Å². The summed E-state index contributed by atoms with van der Waals surface area (Å²) in [4.78, 5) is 33.7. The summed E-state index contributed by atoms with van der Waals surface area (Å²) in [7, 11) is 0. The van der Waals surface area contributed by atoms with E-state index < -0.39 is 0 Å². The van der Waals surface area contributed by atoms with Gasteiger partial charge in [0.15, 0.2) is 0 Å². The van der Waals surface area contributed by atoms with Gasteiger partial charge >= 0.3 is 0 Å². The maximum atomic E-state index is 13.1. The number of nitrogens with zero attached hydrogens (tertiary/aromatic N) is 5. The summed E-state index contributed by atoms with van der Waals surface area (Å²) in [5.74, 6) is 0.870. The number of anilines is 1. The van der Waals surface area contributed by atoms with E-state index in [-0.39, 0.29) is 18.2 Å². The van der Waals surface area contributed by atoms with Crippen molar-refractivity contribution in [2.45, 2.75) is 26.1 Å². The van der Waals surface area contributed by atoms with E-state index in [1.54, 1.807) is 37.1 Å². The van der Waals surface area contributed by atoms with Gasteiger partial charge in [0.1, 0.15) is 12.4 Å². The van der Waals surface area contributed by atoms with Crippen LogP contribution >= 0.6 is 11.6 Å². The number of pyridine rings is 2. The molecule has 0 aliphatic heterocycles. The van der Waals surface area contributed by atoms with Gasteiger partial charge in [0.25, 0.3) is 5.56 Å². The first kappa shape index (κ1) is 26.2. The molecule has 9 nitrogen and oxygen atoms in total. The predicted octanol–water partition coefficient (Wildman–Crippen LogP) is 6.03. The molecule has 4 aromatic heterocycles. The van der Waals surface area contributed by atoms with Gasteiger partial charge in [-0.15, -0.1) is 0 Å². The molecular weight excluding hydrogens is 538 g/mol. The van der Waals surface area contributed by atoms with Gasteiger partial charge in [0.2, 0.25) is 5.95 Å². The van der Waals surface area contributed by atoms with Crippen molar-refractivity contribution in [2.24, 2.45) is 0 Å². The fourth-order valence-corrected chi connectivity index (χ4v) is 4.80. The first-order chi connectivity index (χ1) is 20.0. The Morgan fingerprint density at radius 3 is 2.71 bits per heavy atom. The number of hydrogen-bond acceptors (Lipinski definition) is 7. The third-order valence-electron chi connectivity index (χ3n) is 6.67. The molecule has 204 valence electrons. The van der Waals surface area contributed by atoms with Crippen molar-refractivity contribution < 1.29 is 4.74 Å². The number of ether oxygens (including phenoxy) is 1. The molecule has 0 fully saturated rings. The van der Waals surface area contributed by atoms with E-state index in [0.717, 1.165) is 28.0 Å². The van der Waals surface area contributed by atoms with Crippen molar-refractivity contribution in [3.05, 3.63) is 130 Å². The van der Waals surface area contributed by atoms with Crippen LogP contribution < -0.4 is 15.6 Å². The number of rotatable bonds is 9. The number of halogens is 1. The van der Waals surface area contributed by atoms with Gasteiger partial charge in [-0.1, -0.05) is 48.0 Å². The number of hydrogen-bond donors (Lipinski definition) is 2. The van der Waals surface area contributed by atoms with Crippen LogP contribution in [0.1, 0.15) is 29.8 Å². The molecule has 0 aliphatic rings. The predicted molar refractivity (Wildman–Crippen MR) is 159 cm³/mol. The Bertz CT molecular complexity index is 1860. The van der Waals surface area contributed by atoms with E-state index in [1.807, 2.05) is 60.0 Å². The highest BCUT2D eigenvalue weighted by Crippen LogP contribution is 2.30. The second-order valence-corrected chi connectivity index (χ2v) is 9.96. The number of aromatic nitrogens is 6. The van der Waals surface area contributed by atoms with Gasteiger partial charge in [-0.05, 0) is 42.8 Å². The standard InChI is InChI=1S/C31H26ClN7O2/c1-20(36-31-35-12-10-26(38-31)28-16-33-19-39(28)17-21-7-3-2-4-8-21)24-13-22-14-25(32)29(15-27(22)37-30(24)40)41-18-23-9-5-6-11-34-23/h2-16,19-20H,17-18H2,1H3,(H,37,40)(H,35,36,38)/t20-/m0/s1. The molecule has 0 radical (unpaired) electrons. The number of aromatic amines is 1. The molecule has 2 aromatic carbocycles. The van der Waals surface area contributed by atoms with Gasteiger partial charge in [0, 0.05) is 36.0 Å². The van der Waals surface area contributed by atoms with Gasteiger partial charge in [-0.2, -0.15) is 0 Å². The molecule has 41 heavy (non-hydrogen) atoms. The van der Waals surface area contributed by atoms with Crippen LogP contribution in [0.25, 0.3) is 22.3 Å². The fourth-order valence-electron chi connectivity index (χ4n) is 4.57. The van der Waals surface area contributed by atoms with E-state index in [1.165, 1.54) is 0 Å². The van der Waals surface area contributed by atoms with Gasteiger partial charge in [0.05, 0.1) is 46.2 Å². The lowest BCUT2D eigenvalue weighted by molar-refractivity contribution is 0.302. The van der Waals surface area contributed by atoms with Crippen molar-refractivity contribution in [1.82, 2.24) is 29.5 Å². The first-order valence-electron chi connectivity index (χ1n) is 13.1. The summed E-state index contributed by atoms with van der Waals surface area (Å²) in [6.45, 7) is 2.82. The van der Waals surface area contributed by atoms with Gasteiger partial charge in [-0.3, -0.25) is 9.78 Å². The molecule has 0 saturated carbocycles. The number of benzene rings is 2. The molecule has 2 N–H and O–H groups in total. The van der Waals surface area contributed by atoms with Crippen molar-refractivity contribution in [3.8, 4) is 17.1 Å². The monoisotopic (exact) mass is 563 g/mol. The zero-order valence-corrected chi connectivity index (χ0v) is 22.9. The van der Waals surface area contributed by atoms with E-state index in [4.69, 9.17) is 21.3 Å².